The SMILES string of the molecule is C=C1C2=CC3=C4N(C)c5cc(S(=O)(=O)O)ccc5N4CCC3OC2CCCc2ccc3cc(S(=O)(=O)O)ccc3c2C1(C)CCCCCC(=O)O.CCCCC. The Morgan fingerprint density at radius 1 is 0.893 bits per heavy atom. The summed E-state index contributed by atoms with van der Waals surface area (Å²) in [5, 5.41) is 10.8. The maximum Gasteiger partial charge on any atom is 0.303 e. The lowest BCUT2D eigenvalue weighted by atomic mass is 9.66. The van der Waals surface area contributed by atoms with Crippen molar-refractivity contribution in [3.63, 3.8) is 0 Å². The number of rotatable bonds is 10. The molecule has 0 saturated heterocycles. The zero-order valence-corrected chi connectivity index (χ0v) is 34.4. The summed E-state index contributed by atoms with van der Waals surface area (Å²) in [6, 6.07) is 13.3. The fraction of sp³-hybridized carbons (Fsp3) is 0.465. The standard InChI is InChI=1S/C38H42N2O9S2.C5H12/c1-23-29-22-30-34(17-19-40-31-16-14-27(51(46,47)48)21-32(31)39(3)37(30)40)49-33(29)9-7-8-24-11-12-25-20-26(50(43,44)45)13-15-28(25)36(24)38(23,2)18-6-4-5-10-35(41)42;1-3-5-4-2/h11-16,20-22,33-34H,1,4-10,17-19H2,2-3H3,(H,41,42)(H,43,44,45)(H,46,47,48);3-5H2,1-2H3. The molecule has 3 aromatic carbocycles. The van der Waals surface area contributed by atoms with Crippen molar-refractivity contribution >= 4 is 48.4 Å². The number of ether oxygens (including phenoxy) is 1. The van der Waals surface area contributed by atoms with Crippen molar-refractivity contribution in [1.82, 2.24) is 0 Å². The first-order valence-electron chi connectivity index (χ1n) is 19.7. The summed E-state index contributed by atoms with van der Waals surface area (Å²) >= 11 is 0. The van der Waals surface area contributed by atoms with Crippen LogP contribution in [0.4, 0.5) is 11.4 Å². The Hall–Kier alpha value is -4.01. The molecule has 13 heteroatoms. The fourth-order valence-corrected chi connectivity index (χ4v) is 9.93. The number of benzene rings is 3. The van der Waals surface area contributed by atoms with Crippen LogP contribution in [0.1, 0.15) is 103 Å². The first-order valence-corrected chi connectivity index (χ1v) is 22.6. The lowest BCUT2D eigenvalue weighted by Crippen LogP contribution is -2.43. The first-order chi connectivity index (χ1) is 26.5. The molecule has 3 atom stereocenters. The fourth-order valence-electron chi connectivity index (χ4n) is 8.91. The molecule has 0 fully saturated rings. The van der Waals surface area contributed by atoms with E-state index in [2.05, 4.69) is 31.7 Å². The quantitative estimate of drug-likeness (QED) is 0.132. The largest absolute Gasteiger partial charge is 0.481 e. The highest BCUT2D eigenvalue weighted by molar-refractivity contribution is 7.86. The van der Waals surface area contributed by atoms with Gasteiger partial charge in [0.1, 0.15) is 5.82 Å². The number of carboxylic acids is 1. The zero-order chi connectivity index (χ0) is 40.6. The van der Waals surface area contributed by atoms with Crippen LogP contribution in [0.5, 0.6) is 0 Å². The predicted molar refractivity (Wildman–Crippen MR) is 220 cm³/mol. The van der Waals surface area contributed by atoms with Gasteiger partial charge in [0, 0.05) is 31.0 Å². The van der Waals surface area contributed by atoms with Crippen molar-refractivity contribution in [2.24, 2.45) is 0 Å². The number of carbonyl (C=O) groups is 1. The van der Waals surface area contributed by atoms with Gasteiger partial charge in [-0.25, -0.2) is 0 Å². The minimum absolute atomic E-state index is 0.0904. The maximum absolute atomic E-state index is 12.1. The van der Waals surface area contributed by atoms with Crippen LogP contribution in [0.3, 0.4) is 0 Å². The lowest BCUT2D eigenvalue weighted by molar-refractivity contribution is -0.137. The van der Waals surface area contributed by atoms with Gasteiger partial charge in [0.2, 0.25) is 0 Å². The summed E-state index contributed by atoms with van der Waals surface area (Å²) in [6.07, 6.45) is 11.7. The minimum atomic E-state index is -4.42. The Labute approximate surface area is 331 Å². The second-order valence-corrected chi connectivity index (χ2v) is 18.4. The van der Waals surface area contributed by atoms with Gasteiger partial charge >= 0.3 is 5.97 Å². The summed E-state index contributed by atoms with van der Waals surface area (Å²) in [5.41, 5.74) is 5.81. The number of aryl methyl sites for hydroxylation is 1. The summed E-state index contributed by atoms with van der Waals surface area (Å²) in [4.78, 5) is 15.0. The van der Waals surface area contributed by atoms with Gasteiger partial charge in [-0.1, -0.05) is 77.7 Å². The van der Waals surface area contributed by atoms with Crippen LogP contribution in [0, 0.1) is 0 Å². The van der Waals surface area contributed by atoms with Crippen LogP contribution in [0.15, 0.2) is 93.5 Å². The maximum atomic E-state index is 12.1. The second-order valence-electron chi connectivity index (χ2n) is 15.6. The third-order valence-electron chi connectivity index (χ3n) is 11.8. The number of hydrogen-bond donors (Lipinski definition) is 3. The van der Waals surface area contributed by atoms with E-state index < -0.39 is 31.6 Å². The van der Waals surface area contributed by atoms with Crippen LogP contribution in [-0.4, -0.2) is 62.8 Å². The second kappa shape index (κ2) is 16.5. The molecule has 0 bridgehead atoms. The molecule has 0 spiro atoms. The molecule has 7 rings (SSSR count). The average molecular weight is 807 g/mol. The summed E-state index contributed by atoms with van der Waals surface area (Å²) in [6.45, 7) is 12.0. The topological polar surface area (TPSA) is 162 Å². The number of nitrogens with zero attached hydrogens (tertiary/aromatic N) is 2. The Kier molecular flexibility index (Phi) is 12.2. The van der Waals surface area contributed by atoms with Crippen molar-refractivity contribution in [2.45, 2.75) is 125 Å². The van der Waals surface area contributed by atoms with Gasteiger partial charge in [-0.15, -0.1) is 0 Å². The molecule has 3 aliphatic heterocycles. The Bertz CT molecular complexity index is 2310. The number of carboxylic acid groups (broad SMARTS) is 1. The van der Waals surface area contributed by atoms with Gasteiger partial charge in [-0.3, -0.25) is 13.9 Å². The molecule has 3 unspecified atom stereocenters. The van der Waals surface area contributed by atoms with Crippen molar-refractivity contribution in [2.75, 3.05) is 23.4 Å². The number of aliphatic carboxylic acids is 1. The third kappa shape index (κ3) is 8.20. The highest BCUT2D eigenvalue weighted by atomic mass is 32.2. The lowest BCUT2D eigenvalue weighted by Gasteiger charge is -2.43. The van der Waals surface area contributed by atoms with Gasteiger partial charge in [0.05, 0.1) is 33.4 Å². The van der Waals surface area contributed by atoms with E-state index in [-0.39, 0.29) is 28.4 Å². The van der Waals surface area contributed by atoms with Gasteiger partial charge in [0.15, 0.2) is 0 Å². The van der Waals surface area contributed by atoms with E-state index in [1.807, 2.05) is 24.1 Å². The molecule has 11 nitrogen and oxygen atoms in total. The Balaban J connectivity index is 0.00000100. The van der Waals surface area contributed by atoms with E-state index in [1.165, 1.54) is 43.5 Å². The minimum Gasteiger partial charge on any atom is -0.481 e. The monoisotopic (exact) mass is 806 g/mol. The van der Waals surface area contributed by atoms with E-state index >= 15 is 0 Å². The van der Waals surface area contributed by atoms with E-state index in [4.69, 9.17) is 11.3 Å². The summed E-state index contributed by atoms with van der Waals surface area (Å²) < 4.78 is 74.7. The van der Waals surface area contributed by atoms with Gasteiger partial charge in [-0.2, -0.15) is 16.8 Å². The molecule has 0 saturated carbocycles. The van der Waals surface area contributed by atoms with E-state index in [0.29, 0.717) is 36.9 Å². The van der Waals surface area contributed by atoms with Crippen molar-refractivity contribution in [3.8, 4) is 0 Å². The zero-order valence-electron chi connectivity index (χ0n) is 32.8. The van der Waals surface area contributed by atoms with E-state index in [9.17, 15) is 35.8 Å². The molecule has 4 aliphatic rings. The van der Waals surface area contributed by atoms with E-state index in [1.54, 1.807) is 12.1 Å². The normalized spacial score (nSPS) is 22.0. The van der Waals surface area contributed by atoms with Crippen LogP contribution in [0.25, 0.3) is 10.8 Å². The molecule has 0 aromatic heterocycles. The molecule has 0 amide bonds. The highest BCUT2D eigenvalue weighted by Crippen LogP contribution is 2.52. The van der Waals surface area contributed by atoms with Crippen LogP contribution in [-0.2, 0) is 41.6 Å². The molecule has 56 heavy (non-hydrogen) atoms. The van der Waals surface area contributed by atoms with Gasteiger partial charge in [0.25, 0.3) is 20.2 Å². The number of anilines is 2. The number of unbranched alkanes of at least 4 members (excludes halogenated alkanes) is 4. The van der Waals surface area contributed by atoms with Crippen molar-refractivity contribution in [3.05, 3.63) is 94.9 Å². The molecule has 3 heterocycles. The molecule has 0 radical (unpaired) electrons. The van der Waals surface area contributed by atoms with Crippen molar-refractivity contribution in [1.29, 1.82) is 0 Å². The molecule has 302 valence electrons. The van der Waals surface area contributed by atoms with Gasteiger partial charge < -0.3 is 19.6 Å². The van der Waals surface area contributed by atoms with Crippen LogP contribution < -0.4 is 9.80 Å². The molecule has 3 N–H and O–H groups in total. The summed E-state index contributed by atoms with van der Waals surface area (Å²) in [5.74, 6) is 0.0524. The predicted octanol–water partition coefficient (Wildman–Crippen LogP) is 8.98. The van der Waals surface area contributed by atoms with Crippen LogP contribution >= 0.6 is 0 Å². The Morgan fingerprint density at radius 2 is 1.59 bits per heavy atom. The van der Waals surface area contributed by atoms with Crippen molar-refractivity contribution < 1.29 is 40.6 Å². The number of hydrogen-bond acceptors (Lipinski definition) is 8. The summed E-state index contributed by atoms with van der Waals surface area (Å²) in [7, 11) is -6.93. The van der Waals surface area contributed by atoms with Crippen LogP contribution in [0.2, 0.25) is 0 Å². The molecule has 1 aliphatic carbocycles. The first kappa shape index (κ1) is 41.6. The molecular weight excluding hydrogens is 753 g/mol. The smallest absolute Gasteiger partial charge is 0.303 e. The molecule has 3 aromatic rings. The highest BCUT2D eigenvalue weighted by Gasteiger charge is 2.44. The van der Waals surface area contributed by atoms with E-state index in [0.717, 1.165) is 76.8 Å². The average Bonchev–Trinajstić information content (AvgIpc) is 3.45. The Morgan fingerprint density at radius 3 is 2.25 bits per heavy atom. The van der Waals surface area contributed by atoms with Gasteiger partial charge in [-0.05, 0) is 108 Å². The third-order valence-corrected chi connectivity index (χ3v) is 13.5. The molecular formula is C43H54N2O9S2. The number of fused-ring (bicyclic) bond motifs is 8.